The number of hydrogen-bond donors (Lipinski definition) is 0. The van der Waals surface area contributed by atoms with Gasteiger partial charge in [0, 0.05) is 54.2 Å². The minimum absolute atomic E-state index is 0.140. The lowest BCUT2D eigenvalue weighted by atomic mass is 10.2. The van der Waals surface area contributed by atoms with Crippen LogP contribution >= 0.6 is 11.3 Å². The van der Waals surface area contributed by atoms with E-state index < -0.39 is 0 Å². The van der Waals surface area contributed by atoms with Gasteiger partial charge in [0.05, 0.1) is 19.2 Å². The van der Waals surface area contributed by atoms with Gasteiger partial charge in [-0.2, -0.15) is 0 Å². The highest BCUT2D eigenvalue weighted by Crippen LogP contribution is 2.24. The highest BCUT2D eigenvalue weighted by molar-refractivity contribution is 7.09. The summed E-state index contributed by atoms with van der Waals surface area (Å²) in [5.74, 6) is 1.00. The number of ether oxygens (including phenoxy) is 1. The number of carbonyl (C=O) groups is 1. The molecule has 0 spiro atoms. The fraction of sp³-hybridized carbons (Fsp3) is 0.348. The predicted octanol–water partition coefficient (Wildman–Crippen LogP) is 4.19. The second-order valence-corrected chi connectivity index (χ2v) is 8.46. The van der Waals surface area contributed by atoms with Gasteiger partial charge in [0.2, 0.25) is 0 Å². The largest absolute Gasteiger partial charge is 0.497 e. The second kappa shape index (κ2) is 8.33. The van der Waals surface area contributed by atoms with Crippen LogP contribution in [-0.2, 0) is 6.54 Å². The van der Waals surface area contributed by atoms with E-state index in [4.69, 9.17) is 4.74 Å². The molecule has 1 amide bonds. The van der Waals surface area contributed by atoms with E-state index >= 15 is 0 Å². The topological polar surface area (TPSA) is 37.7 Å². The van der Waals surface area contributed by atoms with Crippen molar-refractivity contribution in [1.29, 1.82) is 0 Å². The molecule has 2 aromatic heterocycles. The molecule has 1 aliphatic heterocycles. The van der Waals surface area contributed by atoms with Gasteiger partial charge in [-0.3, -0.25) is 4.79 Å². The third-order valence-corrected chi connectivity index (χ3v) is 6.54. The molecule has 0 radical (unpaired) electrons. The van der Waals surface area contributed by atoms with Crippen LogP contribution in [0.5, 0.6) is 5.75 Å². The molecule has 1 saturated heterocycles. The summed E-state index contributed by atoms with van der Waals surface area (Å²) < 4.78 is 7.58. The van der Waals surface area contributed by atoms with E-state index in [2.05, 4.69) is 53.0 Å². The molecule has 3 aromatic rings. The van der Waals surface area contributed by atoms with E-state index in [1.165, 1.54) is 4.88 Å². The molecule has 29 heavy (non-hydrogen) atoms. The molecule has 152 valence electrons. The minimum Gasteiger partial charge on any atom is -0.497 e. The third-order valence-electron chi connectivity index (χ3n) is 5.68. The summed E-state index contributed by atoms with van der Waals surface area (Å²) in [6.45, 7) is 8.07. The number of methoxy groups -OCH3 is 1. The van der Waals surface area contributed by atoms with Gasteiger partial charge in [-0.1, -0.05) is 12.1 Å². The average molecular weight is 410 g/mol. The Labute approximate surface area is 176 Å². The van der Waals surface area contributed by atoms with E-state index in [-0.39, 0.29) is 5.91 Å². The monoisotopic (exact) mass is 409 g/mol. The van der Waals surface area contributed by atoms with Crippen LogP contribution in [0.25, 0.3) is 0 Å². The predicted molar refractivity (Wildman–Crippen MR) is 118 cm³/mol. The number of hydrogen-bond acceptors (Lipinski definition) is 4. The highest BCUT2D eigenvalue weighted by Gasteiger charge is 2.25. The van der Waals surface area contributed by atoms with E-state index in [0.717, 1.165) is 61.1 Å². The van der Waals surface area contributed by atoms with Crippen LogP contribution in [0, 0.1) is 13.8 Å². The SMILES string of the molecule is COc1cccc(N2CCN(C(=O)c3cc(C)n(Cc4cccs4)c3C)CC2)c1. The Hall–Kier alpha value is -2.73. The van der Waals surface area contributed by atoms with Crippen molar-refractivity contribution in [2.24, 2.45) is 0 Å². The van der Waals surface area contributed by atoms with Gasteiger partial charge >= 0.3 is 0 Å². The van der Waals surface area contributed by atoms with E-state index in [1.54, 1.807) is 18.4 Å². The van der Waals surface area contributed by atoms with E-state index in [1.807, 2.05) is 23.1 Å². The fourth-order valence-electron chi connectivity index (χ4n) is 3.96. The van der Waals surface area contributed by atoms with Crippen LogP contribution in [0.4, 0.5) is 5.69 Å². The number of benzene rings is 1. The Balaban J connectivity index is 1.44. The maximum atomic E-state index is 13.2. The summed E-state index contributed by atoms with van der Waals surface area (Å²) in [5.41, 5.74) is 4.16. The lowest BCUT2D eigenvalue weighted by Gasteiger charge is -2.36. The third kappa shape index (κ3) is 4.03. The van der Waals surface area contributed by atoms with Gasteiger partial charge in [-0.15, -0.1) is 11.3 Å². The minimum atomic E-state index is 0.140. The van der Waals surface area contributed by atoms with Crippen LogP contribution in [0.15, 0.2) is 47.8 Å². The quantitative estimate of drug-likeness (QED) is 0.634. The van der Waals surface area contributed by atoms with E-state index in [9.17, 15) is 4.79 Å². The number of nitrogens with zero attached hydrogens (tertiary/aromatic N) is 3. The summed E-state index contributed by atoms with van der Waals surface area (Å²) >= 11 is 1.75. The highest BCUT2D eigenvalue weighted by atomic mass is 32.1. The van der Waals surface area contributed by atoms with Gasteiger partial charge in [-0.25, -0.2) is 0 Å². The second-order valence-electron chi connectivity index (χ2n) is 7.43. The lowest BCUT2D eigenvalue weighted by Crippen LogP contribution is -2.48. The zero-order valence-corrected chi connectivity index (χ0v) is 18.0. The van der Waals surface area contributed by atoms with Crippen LogP contribution < -0.4 is 9.64 Å². The van der Waals surface area contributed by atoms with Crippen LogP contribution in [0.2, 0.25) is 0 Å². The zero-order chi connectivity index (χ0) is 20.4. The van der Waals surface area contributed by atoms with Crippen LogP contribution in [0.3, 0.4) is 0 Å². The van der Waals surface area contributed by atoms with Crippen LogP contribution in [-0.4, -0.2) is 48.7 Å². The van der Waals surface area contributed by atoms with E-state index in [0.29, 0.717) is 0 Å². The lowest BCUT2D eigenvalue weighted by molar-refractivity contribution is 0.0746. The summed E-state index contributed by atoms with van der Waals surface area (Å²) in [5, 5.41) is 2.09. The molecule has 1 aliphatic rings. The molecule has 0 bridgehead atoms. The molecule has 0 unspecified atom stereocenters. The molecular weight excluding hydrogens is 382 g/mol. The molecule has 5 nitrogen and oxygen atoms in total. The maximum Gasteiger partial charge on any atom is 0.255 e. The number of rotatable bonds is 5. The van der Waals surface area contributed by atoms with Crippen molar-refractivity contribution >= 4 is 22.9 Å². The summed E-state index contributed by atoms with van der Waals surface area (Å²) in [6, 6.07) is 14.4. The number of anilines is 1. The normalized spacial score (nSPS) is 14.3. The Bertz CT molecular complexity index is 986. The van der Waals surface area contributed by atoms with Crippen molar-refractivity contribution in [1.82, 2.24) is 9.47 Å². The van der Waals surface area contributed by atoms with Crippen molar-refractivity contribution in [2.45, 2.75) is 20.4 Å². The number of carbonyl (C=O) groups excluding carboxylic acids is 1. The van der Waals surface area contributed by atoms with Gasteiger partial charge in [-0.05, 0) is 43.5 Å². The molecule has 0 saturated carbocycles. The van der Waals surface area contributed by atoms with Crippen molar-refractivity contribution in [3.63, 3.8) is 0 Å². The molecule has 1 aromatic carbocycles. The summed E-state index contributed by atoms with van der Waals surface area (Å²) in [6.07, 6.45) is 0. The van der Waals surface area contributed by atoms with Gasteiger partial charge in [0.25, 0.3) is 5.91 Å². The zero-order valence-electron chi connectivity index (χ0n) is 17.2. The van der Waals surface area contributed by atoms with Crippen molar-refractivity contribution in [2.75, 3.05) is 38.2 Å². The molecule has 0 aliphatic carbocycles. The summed E-state index contributed by atoms with van der Waals surface area (Å²) in [7, 11) is 1.69. The number of aromatic nitrogens is 1. The fourth-order valence-corrected chi connectivity index (χ4v) is 4.66. The number of thiophene rings is 1. The molecule has 4 rings (SSSR count). The molecule has 3 heterocycles. The Kier molecular flexibility index (Phi) is 5.62. The van der Waals surface area contributed by atoms with Gasteiger partial charge < -0.3 is 19.1 Å². The molecule has 0 atom stereocenters. The first-order valence-corrected chi connectivity index (χ1v) is 10.8. The number of piperazine rings is 1. The average Bonchev–Trinajstić information content (AvgIpc) is 3.37. The van der Waals surface area contributed by atoms with Crippen molar-refractivity contribution in [3.05, 3.63) is 69.7 Å². The molecular formula is C23H27N3O2S. The molecule has 0 N–H and O–H groups in total. The Morgan fingerprint density at radius 1 is 1.07 bits per heavy atom. The van der Waals surface area contributed by atoms with Crippen LogP contribution in [0.1, 0.15) is 26.6 Å². The number of amides is 1. The Morgan fingerprint density at radius 3 is 2.55 bits per heavy atom. The van der Waals surface area contributed by atoms with Crippen molar-refractivity contribution < 1.29 is 9.53 Å². The smallest absolute Gasteiger partial charge is 0.255 e. The molecule has 1 fully saturated rings. The van der Waals surface area contributed by atoms with Gasteiger partial charge in [0.1, 0.15) is 5.75 Å². The molecule has 6 heteroatoms. The maximum absolute atomic E-state index is 13.2. The summed E-state index contributed by atoms with van der Waals surface area (Å²) in [4.78, 5) is 18.8. The first-order chi connectivity index (χ1) is 14.1. The Morgan fingerprint density at radius 2 is 1.86 bits per heavy atom. The van der Waals surface area contributed by atoms with Gasteiger partial charge in [0.15, 0.2) is 0 Å². The first kappa shape index (κ1) is 19.6. The standard InChI is InChI=1S/C23H27N3O2S/c1-17-14-22(18(2)26(17)16-21-8-5-13-29-21)23(27)25-11-9-24(10-12-25)19-6-4-7-20(15-19)28-3/h4-8,13-15H,9-12,16H2,1-3H3. The number of aryl methyl sites for hydroxylation is 1. The van der Waals surface area contributed by atoms with Crippen molar-refractivity contribution in [3.8, 4) is 5.75 Å². The first-order valence-electron chi connectivity index (χ1n) is 9.94.